The maximum atomic E-state index is 12.7. The Morgan fingerprint density at radius 1 is 1.12 bits per heavy atom. The van der Waals surface area contributed by atoms with Crippen LogP contribution in [0.25, 0.3) is 0 Å². The van der Waals surface area contributed by atoms with Crippen molar-refractivity contribution in [2.24, 2.45) is 5.92 Å². The molecule has 26 heavy (non-hydrogen) atoms. The molecule has 136 valence electrons. The molecular formula is C21H25N3O2. The highest BCUT2D eigenvalue weighted by Crippen LogP contribution is 2.20. The number of hydrogen-bond donors (Lipinski definition) is 2. The average Bonchev–Trinajstić information content (AvgIpc) is 2.64. The zero-order valence-corrected chi connectivity index (χ0v) is 15.1. The van der Waals surface area contributed by atoms with E-state index < -0.39 is 0 Å². The lowest BCUT2D eigenvalue weighted by Gasteiger charge is -2.30. The van der Waals surface area contributed by atoms with E-state index in [1.165, 1.54) is 0 Å². The van der Waals surface area contributed by atoms with Gasteiger partial charge >= 0.3 is 0 Å². The van der Waals surface area contributed by atoms with Crippen molar-refractivity contribution < 1.29 is 9.59 Å². The number of hydrogen-bond acceptors (Lipinski definition) is 3. The van der Waals surface area contributed by atoms with Crippen LogP contribution in [-0.2, 0) is 11.2 Å². The van der Waals surface area contributed by atoms with Gasteiger partial charge in [0.25, 0.3) is 5.91 Å². The van der Waals surface area contributed by atoms with Crippen LogP contribution in [0.3, 0.4) is 0 Å². The third-order valence-corrected chi connectivity index (χ3v) is 4.81. The first kappa shape index (κ1) is 18.0. The van der Waals surface area contributed by atoms with Crippen molar-refractivity contribution in [2.45, 2.75) is 26.2 Å². The fraction of sp³-hybridized carbons (Fsp3) is 0.333. The number of carbonyl (C=O) groups excluding carboxylic acids is 2. The first-order valence-corrected chi connectivity index (χ1v) is 9.05. The molecule has 3 N–H and O–H groups in total. The number of likely N-dealkylation sites (tertiary alicyclic amines) is 1. The molecule has 0 atom stereocenters. The zero-order chi connectivity index (χ0) is 18.5. The molecule has 0 saturated carbocycles. The highest BCUT2D eigenvalue weighted by molar-refractivity contribution is 5.97. The number of nitrogen functional groups attached to an aromatic ring is 1. The number of amides is 2. The highest BCUT2D eigenvalue weighted by Gasteiger charge is 2.21. The standard InChI is InChI=1S/C21H25N3O2/c1-15-9-11-24(12-10-15)21(26)17-3-2-4-19(14-17)23-20(25)13-16-5-7-18(22)8-6-16/h2-8,14-15H,9-13,22H2,1H3,(H,23,25). The smallest absolute Gasteiger partial charge is 0.253 e. The van der Waals surface area contributed by atoms with Gasteiger partial charge in [-0.15, -0.1) is 0 Å². The minimum Gasteiger partial charge on any atom is -0.399 e. The SMILES string of the molecule is CC1CCN(C(=O)c2cccc(NC(=O)Cc3ccc(N)cc3)c2)CC1. The van der Waals surface area contributed by atoms with Crippen LogP contribution in [0.4, 0.5) is 11.4 Å². The van der Waals surface area contributed by atoms with Crippen molar-refractivity contribution in [1.82, 2.24) is 4.90 Å². The predicted molar refractivity (Wildman–Crippen MR) is 104 cm³/mol. The molecule has 0 aliphatic carbocycles. The molecule has 5 heteroatoms. The molecule has 1 aliphatic rings. The van der Waals surface area contributed by atoms with E-state index in [9.17, 15) is 9.59 Å². The van der Waals surface area contributed by atoms with Crippen LogP contribution >= 0.6 is 0 Å². The number of nitrogens with zero attached hydrogens (tertiary/aromatic N) is 1. The van der Waals surface area contributed by atoms with Gasteiger partial charge in [-0.2, -0.15) is 0 Å². The molecule has 0 bridgehead atoms. The second kappa shape index (κ2) is 8.04. The normalized spacial score (nSPS) is 14.9. The second-order valence-corrected chi connectivity index (χ2v) is 7.02. The van der Waals surface area contributed by atoms with Crippen LogP contribution in [-0.4, -0.2) is 29.8 Å². The number of benzene rings is 2. The quantitative estimate of drug-likeness (QED) is 0.830. The van der Waals surface area contributed by atoms with Crippen molar-refractivity contribution in [3.8, 4) is 0 Å². The summed E-state index contributed by atoms with van der Waals surface area (Å²) in [6.07, 6.45) is 2.36. The van der Waals surface area contributed by atoms with E-state index >= 15 is 0 Å². The fourth-order valence-corrected chi connectivity index (χ4v) is 3.15. The summed E-state index contributed by atoms with van der Waals surface area (Å²) < 4.78 is 0. The minimum absolute atomic E-state index is 0.0338. The summed E-state index contributed by atoms with van der Waals surface area (Å²) in [6.45, 7) is 3.82. The Balaban J connectivity index is 1.62. The van der Waals surface area contributed by atoms with E-state index in [0.29, 0.717) is 22.9 Å². The lowest BCUT2D eigenvalue weighted by molar-refractivity contribution is -0.115. The van der Waals surface area contributed by atoms with Crippen molar-refractivity contribution in [3.05, 3.63) is 59.7 Å². The summed E-state index contributed by atoms with van der Waals surface area (Å²) in [7, 11) is 0. The van der Waals surface area contributed by atoms with Gasteiger partial charge < -0.3 is 16.0 Å². The first-order chi connectivity index (χ1) is 12.5. The van der Waals surface area contributed by atoms with Crippen LogP contribution < -0.4 is 11.1 Å². The van der Waals surface area contributed by atoms with Gasteiger partial charge in [0.2, 0.25) is 5.91 Å². The molecule has 1 aliphatic heterocycles. The summed E-state index contributed by atoms with van der Waals surface area (Å²) in [4.78, 5) is 26.8. The van der Waals surface area contributed by atoms with Gasteiger partial charge in [-0.1, -0.05) is 25.1 Å². The first-order valence-electron chi connectivity index (χ1n) is 9.05. The van der Waals surface area contributed by atoms with E-state index in [0.717, 1.165) is 31.5 Å². The van der Waals surface area contributed by atoms with Crippen molar-refractivity contribution in [1.29, 1.82) is 0 Å². The molecular weight excluding hydrogens is 326 g/mol. The monoisotopic (exact) mass is 351 g/mol. The van der Waals surface area contributed by atoms with Crippen LogP contribution in [0.2, 0.25) is 0 Å². The second-order valence-electron chi connectivity index (χ2n) is 7.02. The summed E-state index contributed by atoms with van der Waals surface area (Å²) in [5.41, 5.74) is 8.48. The largest absolute Gasteiger partial charge is 0.399 e. The van der Waals surface area contributed by atoms with Gasteiger partial charge in [-0.25, -0.2) is 0 Å². The molecule has 1 heterocycles. The number of nitrogens with two attached hydrogens (primary N) is 1. The Morgan fingerprint density at radius 3 is 2.50 bits per heavy atom. The third kappa shape index (κ3) is 4.63. The van der Waals surface area contributed by atoms with E-state index in [4.69, 9.17) is 5.73 Å². The van der Waals surface area contributed by atoms with Crippen LogP contribution in [0.15, 0.2) is 48.5 Å². The zero-order valence-electron chi connectivity index (χ0n) is 15.1. The maximum absolute atomic E-state index is 12.7. The summed E-state index contributed by atoms with van der Waals surface area (Å²) in [6, 6.07) is 14.4. The number of anilines is 2. The molecule has 0 unspecified atom stereocenters. The lowest BCUT2D eigenvalue weighted by atomic mass is 9.98. The van der Waals surface area contributed by atoms with Gasteiger partial charge in [0, 0.05) is 30.0 Å². The van der Waals surface area contributed by atoms with Crippen molar-refractivity contribution in [2.75, 3.05) is 24.1 Å². The third-order valence-electron chi connectivity index (χ3n) is 4.81. The van der Waals surface area contributed by atoms with Gasteiger partial charge in [0.15, 0.2) is 0 Å². The molecule has 2 aromatic rings. The van der Waals surface area contributed by atoms with E-state index in [1.54, 1.807) is 36.4 Å². The summed E-state index contributed by atoms with van der Waals surface area (Å²) in [5.74, 6) is 0.593. The minimum atomic E-state index is -0.119. The Morgan fingerprint density at radius 2 is 1.81 bits per heavy atom. The molecule has 0 radical (unpaired) electrons. The van der Waals surface area contributed by atoms with Gasteiger partial charge in [-0.3, -0.25) is 9.59 Å². The molecule has 0 aromatic heterocycles. The van der Waals surface area contributed by atoms with Crippen molar-refractivity contribution >= 4 is 23.2 Å². The van der Waals surface area contributed by atoms with Crippen LogP contribution in [0, 0.1) is 5.92 Å². The molecule has 1 saturated heterocycles. The molecule has 0 spiro atoms. The van der Waals surface area contributed by atoms with Gasteiger partial charge in [-0.05, 0) is 54.7 Å². The molecule has 2 aromatic carbocycles. The number of nitrogens with one attached hydrogen (secondary N) is 1. The Bertz CT molecular complexity index is 778. The summed E-state index contributed by atoms with van der Waals surface area (Å²) in [5, 5.41) is 2.87. The Labute approximate surface area is 154 Å². The highest BCUT2D eigenvalue weighted by atomic mass is 16.2. The number of carbonyl (C=O) groups is 2. The topological polar surface area (TPSA) is 75.4 Å². The molecule has 3 rings (SSSR count). The number of piperidine rings is 1. The Hall–Kier alpha value is -2.82. The van der Waals surface area contributed by atoms with Crippen LogP contribution in [0.1, 0.15) is 35.7 Å². The fourth-order valence-electron chi connectivity index (χ4n) is 3.15. The van der Waals surface area contributed by atoms with E-state index in [-0.39, 0.29) is 18.2 Å². The van der Waals surface area contributed by atoms with Gasteiger partial charge in [0.05, 0.1) is 6.42 Å². The van der Waals surface area contributed by atoms with Gasteiger partial charge in [0.1, 0.15) is 0 Å². The van der Waals surface area contributed by atoms with E-state index in [2.05, 4.69) is 12.2 Å². The predicted octanol–water partition coefficient (Wildman–Crippen LogP) is 3.32. The maximum Gasteiger partial charge on any atom is 0.253 e. The molecule has 5 nitrogen and oxygen atoms in total. The molecule has 1 fully saturated rings. The lowest BCUT2D eigenvalue weighted by Crippen LogP contribution is -2.37. The Kier molecular flexibility index (Phi) is 5.56. The average molecular weight is 351 g/mol. The number of rotatable bonds is 4. The van der Waals surface area contributed by atoms with E-state index in [1.807, 2.05) is 17.0 Å². The van der Waals surface area contributed by atoms with Crippen LogP contribution in [0.5, 0.6) is 0 Å². The summed E-state index contributed by atoms with van der Waals surface area (Å²) >= 11 is 0. The van der Waals surface area contributed by atoms with Crippen molar-refractivity contribution in [3.63, 3.8) is 0 Å². The molecule has 2 amide bonds.